The fourth-order valence-electron chi connectivity index (χ4n) is 1.61. The summed E-state index contributed by atoms with van der Waals surface area (Å²) >= 11 is 0. The molecule has 21 heavy (non-hydrogen) atoms. The lowest BCUT2D eigenvalue weighted by Gasteiger charge is -2.27. The Hall–Kier alpha value is -2.20. The van der Waals surface area contributed by atoms with Crippen LogP contribution in [0.3, 0.4) is 0 Å². The van der Waals surface area contributed by atoms with Crippen LogP contribution in [0, 0.1) is 0 Å². The molecule has 0 heterocycles. The average molecular weight is 306 g/mol. The second-order valence-electron chi connectivity index (χ2n) is 4.38. The number of aliphatic carboxylic acids is 4. The number of carboxylic acid groups (broad SMARTS) is 4. The molecule has 0 aromatic carbocycles. The van der Waals surface area contributed by atoms with Gasteiger partial charge in [-0.2, -0.15) is 0 Å². The van der Waals surface area contributed by atoms with E-state index in [1.165, 1.54) is 6.92 Å². The van der Waals surface area contributed by atoms with E-state index in [2.05, 4.69) is 0 Å². The molecule has 1 atom stereocenters. The van der Waals surface area contributed by atoms with Crippen molar-refractivity contribution in [2.45, 2.75) is 13.0 Å². The number of carbonyl (C=O) groups is 4. The van der Waals surface area contributed by atoms with Crippen LogP contribution in [-0.2, 0) is 19.2 Å². The van der Waals surface area contributed by atoms with Crippen molar-refractivity contribution in [1.82, 2.24) is 9.80 Å². The van der Waals surface area contributed by atoms with Crippen molar-refractivity contribution < 1.29 is 39.6 Å². The van der Waals surface area contributed by atoms with E-state index in [0.717, 1.165) is 9.80 Å². The summed E-state index contributed by atoms with van der Waals surface area (Å²) in [5, 5.41) is 35.0. The summed E-state index contributed by atoms with van der Waals surface area (Å²) in [6.45, 7) is -0.474. The molecule has 0 aliphatic rings. The largest absolute Gasteiger partial charge is 0.480 e. The topological polar surface area (TPSA) is 156 Å². The van der Waals surface area contributed by atoms with Crippen molar-refractivity contribution in [3.8, 4) is 0 Å². The summed E-state index contributed by atoms with van der Waals surface area (Å²) in [5.41, 5.74) is 0. The molecule has 0 aliphatic carbocycles. The highest BCUT2D eigenvalue weighted by Crippen LogP contribution is 2.01. The lowest BCUT2D eigenvalue weighted by molar-refractivity contribution is -0.147. The van der Waals surface area contributed by atoms with Gasteiger partial charge in [-0.15, -0.1) is 0 Å². The van der Waals surface area contributed by atoms with E-state index >= 15 is 0 Å². The van der Waals surface area contributed by atoms with Crippen LogP contribution in [0.15, 0.2) is 0 Å². The first-order chi connectivity index (χ1) is 9.63. The Morgan fingerprint density at radius 3 is 1.57 bits per heavy atom. The van der Waals surface area contributed by atoms with E-state index in [1.807, 2.05) is 0 Å². The minimum Gasteiger partial charge on any atom is -0.480 e. The predicted octanol–water partition coefficient (Wildman–Crippen LogP) is -1.68. The Morgan fingerprint density at radius 1 is 0.810 bits per heavy atom. The summed E-state index contributed by atoms with van der Waals surface area (Å²) in [7, 11) is 0. The molecule has 10 heteroatoms. The van der Waals surface area contributed by atoms with Gasteiger partial charge < -0.3 is 20.4 Å². The summed E-state index contributed by atoms with van der Waals surface area (Å²) in [4.78, 5) is 45.0. The number of carboxylic acids is 4. The molecule has 0 amide bonds. The van der Waals surface area contributed by atoms with Crippen LogP contribution in [0.2, 0.25) is 0 Å². The summed E-state index contributed by atoms with van der Waals surface area (Å²) < 4.78 is 0. The third-order valence-electron chi connectivity index (χ3n) is 2.66. The number of rotatable bonds is 11. The summed E-state index contributed by atoms with van der Waals surface area (Å²) in [5.74, 6) is -4.91. The number of hydrogen-bond acceptors (Lipinski definition) is 6. The smallest absolute Gasteiger partial charge is 0.320 e. The molecule has 0 aliphatic heterocycles. The minimum absolute atomic E-state index is 0.0799. The zero-order chi connectivity index (χ0) is 16.6. The molecular weight excluding hydrogens is 288 g/mol. The van der Waals surface area contributed by atoms with E-state index < -0.39 is 49.6 Å². The average Bonchev–Trinajstić information content (AvgIpc) is 2.31. The molecule has 4 N–H and O–H groups in total. The standard InChI is InChI=1S/C11H18N2O8/c1-7(11(20)21)13(6-10(18)19)3-2-12(4-8(14)15)5-9(16)17/h7H,2-6H2,1H3,(H,14,15)(H,16,17)(H,18,19)(H,20,21). The van der Waals surface area contributed by atoms with E-state index in [-0.39, 0.29) is 13.1 Å². The highest BCUT2D eigenvalue weighted by molar-refractivity contribution is 5.75. The Kier molecular flexibility index (Phi) is 7.94. The molecule has 0 aromatic rings. The molecule has 0 saturated carbocycles. The van der Waals surface area contributed by atoms with E-state index in [9.17, 15) is 19.2 Å². The van der Waals surface area contributed by atoms with Crippen LogP contribution in [0.1, 0.15) is 6.92 Å². The Labute approximate surface area is 120 Å². The van der Waals surface area contributed by atoms with Crippen molar-refractivity contribution in [3.63, 3.8) is 0 Å². The Morgan fingerprint density at radius 2 is 1.24 bits per heavy atom. The predicted molar refractivity (Wildman–Crippen MR) is 68.0 cm³/mol. The third kappa shape index (κ3) is 8.55. The van der Waals surface area contributed by atoms with Gasteiger partial charge in [0.15, 0.2) is 0 Å². The lowest BCUT2D eigenvalue weighted by atomic mass is 10.2. The molecule has 0 radical (unpaired) electrons. The van der Waals surface area contributed by atoms with Gasteiger partial charge in [0.2, 0.25) is 0 Å². The van der Waals surface area contributed by atoms with Crippen LogP contribution in [0.25, 0.3) is 0 Å². The minimum atomic E-state index is -1.23. The van der Waals surface area contributed by atoms with Crippen LogP contribution in [-0.4, -0.2) is 92.9 Å². The first kappa shape index (κ1) is 18.8. The molecule has 0 rings (SSSR count). The summed E-state index contributed by atoms with van der Waals surface area (Å²) in [6.07, 6.45) is 0. The molecule has 0 bridgehead atoms. The maximum Gasteiger partial charge on any atom is 0.320 e. The molecule has 0 saturated heterocycles. The Balaban J connectivity index is 4.72. The van der Waals surface area contributed by atoms with E-state index in [4.69, 9.17) is 20.4 Å². The quantitative estimate of drug-likeness (QED) is 0.347. The van der Waals surface area contributed by atoms with Gasteiger partial charge in [-0.25, -0.2) is 0 Å². The maximum absolute atomic E-state index is 10.9. The maximum atomic E-state index is 10.9. The van der Waals surface area contributed by atoms with Crippen LogP contribution < -0.4 is 0 Å². The molecule has 120 valence electrons. The molecule has 1 unspecified atom stereocenters. The number of nitrogens with zero attached hydrogens (tertiary/aromatic N) is 2. The molecule has 0 spiro atoms. The zero-order valence-corrected chi connectivity index (χ0v) is 11.4. The van der Waals surface area contributed by atoms with Gasteiger partial charge in [0.25, 0.3) is 0 Å². The normalized spacial score (nSPS) is 12.3. The fourth-order valence-corrected chi connectivity index (χ4v) is 1.61. The van der Waals surface area contributed by atoms with Gasteiger partial charge in [-0.05, 0) is 6.92 Å². The lowest BCUT2D eigenvalue weighted by Crippen LogP contribution is -2.47. The fraction of sp³-hybridized carbons (Fsp3) is 0.636. The third-order valence-corrected chi connectivity index (χ3v) is 2.66. The second-order valence-corrected chi connectivity index (χ2v) is 4.38. The first-order valence-corrected chi connectivity index (χ1v) is 5.98. The van der Waals surface area contributed by atoms with Crippen molar-refractivity contribution in [2.75, 3.05) is 32.7 Å². The van der Waals surface area contributed by atoms with Crippen LogP contribution in [0.5, 0.6) is 0 Å². The van der Waals surface area contributed by atoms with Gasteiger partial charge in [-0.1, -0.05) is 0 Å². The number of hydrogen-bond donors (Lipinski definition) is 4. The van der Waals surface area contributed by atoms with E-state index in [1.54, 1.807) is 0 Å². The molecule has 0 fully saturated rings. The van der Waals surface area contributed by atoms with Crippen molar-refractivity contribution in [2.24, 2.45) is 0 Å². The van der Waals surface area contributed by atoms with Gasteiger partial charge in [-0.3, -0.25) is 29.0 Å². The SMILES string of the molecule is CC(C(=O)O)N(CCN(CC(=O)O)CC(=O)O)CC(=O)O. The molecule has 0 aromatic heterocycles. The first-order valence-electron chi connectivity index (χ1n) is 5.98. The summed E-state index contributed by atoms with van der Waals surface area (Å²) in [6, 6.07) is -1.09. The van der Waals surface area contributed by atoms with Gasteiger partial charge in [0.1, 0.15) is 6.04 Å². The van der Waals surface area contributed by atoms with Crippen LogP contribution in [0.4, 0.5) is 0 Å². The van der Waals surface area contributed by atoms with Gasteiger partial charge in [0.05, 0.1) is 19.6 Å². The highest BCUT2D eigenvalue weighted by atomic mass is 16.4. The van der Waals surface area contributed by atoms with Gasteiger partial charge in [0, 0.05) is 13.1 Å². The van der Waals surface area contributed by atoms with Crippen molar-refractivity contribution in [1.29, 1.82) is 0 Å². The second kappa shape index (κ2) is 8.87. The van der Waals surface area contributed by atoms with Crippen molar-refractivity contribution in [3.05, 3.63) is 0 Å². The molecule has 10 nitrogen and oxygen atoms in total. The van der Waals surface area contributed by atoms with Gasteiger partial charge >= 0.3 is 23.9 Å². The Bertz CT molecular complexity index is 395. The van der Waals surface area contributed by atoms with Crippen LogP contribution >= 0.6 is 0 Å². The zero-order valence-electron chi connectivity index (χ0n) is 11.4. The van der Waals surface area contributed by atoms with Crippen molar-refractivity contribution >= 4 is 23.9 Å². The highest BCUT2D eigenvalue weighted by Gasteiger charge is 2.24. The van der Waals surface area contributed by atoms with E-state index in [0.29, 0.717) is 0 Å². The monoisotopic (exact) mass is 306 g/mol. The molecular formula is C11H18N2O8.